The van der Waals surface area contributed by atoms with Gasteiger partial charge in [-0.2, -0.15) is 0 Å². The van der Waals surface area contributed by atoms with Gasteiger partial charge in [0.1, 0.15) is 0 Å². The Hall–Kier alpha value is 0.390. The first kappa shape index (κ1) is 6.39. The molecule has 20 valence electrons. The quantitative estimate of drug-likeness (QED) is 0.318. The number of hydrogen-bond acceptors (Lipinski definition) is 0. The second-order valence-electron chi connectivity index (χ2n) is 0.770. The molecule has 0 atom stereocenters. The molecule has 0 spiro atoms. The Morgan fingerprint density at radius 3 is 1.33 bits per heavy atom. The third-order valence-corrected chi connectivity index (χ3v) is 0.333. The van der Waals surface area contributed by atoms with Gasteiger partial charge in [-0.15, -0.1) is 0 Å². The van der Waals surface area contributed by atoms with Crippen LogP contribution in [0.3, 0.4) is 0 Å². The van der Waals surface area contributed by atoms with Gasteiger partial charge in [0.2, 0.25) is 0 Å². The first-order valence-corrected chi connectivity index (χ1v) is 1.67. The minimum atomic E-state index is 1.42. The summed E-state index contributed by atoms with van der Waals surface area (Å²) in [5, 5.41) is 0. The molecule has 6 heteroatoms. The second-order valence-corrected chi connectivity index (χ2v) is 0.770. The zero-order chi connectivity index (χ0) is 4.83. The van der Waals surface area contributed by atoms with E-state index < -0.39 is 0 Å². The van der Waals surface area contributed by atoms with E-state index in [1.807, 2.05) is 0 Å². The molecule has 0 aliphatic heterocycles. The third-order valence-electron chi connectivity index (χ3n) is 0.333. The minimum absolute atomic E-state index is 1.42. The van der Waals surface area contributed by atoms with E-state index in [9.17, 15) is 0 Å². The Morgan fingerprint density at radius 1 is 0.833 bits per heavy atom. The fraction of sp³-hybridized carbons (Fsp3) is 0. The van der Waals surface area contributed by atoms with Gasteiger partial charge < -0.3 is 0 Å². The van der Waals surface area contributed by atoms with Crippen molar-refractivity contribution in [2.45, 2.75) is 0 Å². The average Bonchev–Trinajstić information content (AvgIpc) is 1.61. The van der Waals surface area contributed by atoms with Crippen LogP contribution in [0.25, 0.3) is 0 Å². The maximum atomic E-state index is 4.93. The van der Waals surface area contributed by atoms with E-state index in [1.165, 1.54) is 13.4 Å². The fourth-order valence-electron chi connectivity index (χ4n) is 0.128. The first-order valence-electron chi connectivity index (χ1n) is 1.67. The first-order chi connectivity index (χ1) is 2.91. The van der Waals surface area contributed by atoms with Gasteiger partial charge in [0.15, 0.2) is 0 Å². The van der Waals surface area contributed by atoms with Crippen LogP contribution < -0.4 is 0 Å². The summed E-state index contributed by atoms with van der Waals surface area (Å²) in [4.78, 5) is 0. The molecule has 0 heterocycles. The number of hydrogen-bond donors (Lipinski definition) is 0. The summed E-state index contributed by atoms with van der Waals surface area (Å²) < 4.78 is 0. The average molecular weight is 64.9 g/mol. The molecule has 0 unspecified atom stereocenters. The Labute approximate surface area is 42.3 Å². The van der Waals surface area contributed by atoms with Gasteiger partial charge in [0, 0.05) is 0 Å². The summed E-state index contributed by atoms with van der Waals surface area (Å²) in [5.74, 6) is 0. The van der Waals surface area contributed by atoms with Crippen LogP contribution in [0.5, 0.6) is 0 Å². The predicted molar refractivity (Wildman–Crippen MR) is 34.5 cm³/mol. The summed E-state index contributed by atoms with van der Waals surface area (Å²) in [6, 6.07) is 0. The van der Waals surface area contributed by atoms with E-state index in [2.05, 4.69) is 0 Å². The van der Waals surface area contributed by atoms with Crippen molar-refractivity contribution in [1.82, 2.24) is 0 Å². The SMILES string of the molecule is [B-]=BB=BB=[B-]. The van der Waals surface area contributed by atoms with Crippen LogP contribution in [-0.2, 0) is 0 Å². The van der Waals surface area contributed by atoms with Gasteiger partial charge >= 0.3 is 41.5 Å². The summed E-state index contributed by atoms with van der Waals surface area (Å²) in [6.07, 6.45) is 0. The molecular weight excluding hydrogens is 64.9 g/mol. The van der Waals surface area contributed by atoms with Crippen molar-refractivity contribution in [2.24, 2.45) is 0 Å². The van der Waals surface area contributed by atoms with Crippen LogP contribution in [0.1, 0.15) is 0 Å². The molecule has 0 aliphatic rings. The molecule has 0 aromatic rings. The molecule has 0 aromatic heterocycles. The third kappa shape index (κ3) is 4.39. The zero-order valence-electron chi connectivity index (χ0n) is 3.46. The summed E-state index contributed by atoms with van der Waals surface area (Å²) >= 11 is 0. The van der Waals surface area contributed by atoms with Crippen LogP contribution in [0.2, 0.25) is 0 Å². The predicted octanol–water partition coefficient (Wildman–Crippen LogP) is -2.28. The van der Waals surface area contributed by atoms with Crippen LogP contribution in [-0.4, -0.2) is 41.5 Å². The molecular formula is B6-2. The molecule has 0 aromatic carbocycles. The van der Waals surface area contributed by atoms with Gasteiger partial charge in [-0.1, -0.05) is 0 Å². The van der Waals surface area contributed by atoms with Crippen molar-refractivity contribution in [2.75, 3.05) is 0 Å². The molecule has 0 saturated heterocycles. The van der Waals surface area contributed by atoms with Crippen molar-refractivity contribution in [3.05, 3.63) is 0 Å². The van der Waals surface area contributed by atoms with Crippen molar-refractivity contribution in [1.29, 1.82) is 0 Å². The molecule has 0 rings (SSSR count). The molecule has 0 amide bonds. The Bertz CT molecular complexity index is 58.1. The topological polar surface area (TPSA) is 0 Å². The van der Waals surface area contributed by atoms with E-state index in [0.717, 1.165) is 0 Å². The Morgan fingerprint density at radius 2 is 1.17 bits per heavy atom. The van der Waals surface area contributed by atoms with Crippen molar-refractivity contribution in [3.8, 4) is 0 Å². The molecule has 0 saturated carbocycles. The number of rotatable bonds is 2. The standard InChI is InChI=1S/B6/c1-3-5-6-4-2/q-2. The molecule has 0 aliphatic carbocycles. The van der Waals surface area contributed by atoms with Crippen LogP contribution in [0, 0.1) is 0 Å². The van der Waals surface area contributed by atoms with E-state index in [1.54, 1.807) is 13.4 Å². The van der Waals surface area contributed by atoms with Crippen LogP contribution >= 0.6 is 0 Å². The molecule has 4 radical (unpaired) electrons. The normalized spacial score (nSPS) is 4.67. The van der Waals surface area contributed by atoms with Crippen LogP contribution in [0.4, 0.5) is 0 Å². The Kier molecular flexibility index (Phi) is 5.74. The summed E-state index contributed by atoms with van der Waals surface area (Å²) in [6.45, 7) is 6.15. The summed E-state index contributed by atoms with van der Waals surface area (Å²) in [5.41, 5.74) is 0. The fourth-order valence-corrected chi connectivity index (χ4v) is 0.128. The molecule has 0 nitrogen and oxygen atoms in total. The van der Waals surface area contributed by atoms with E-state index in [0.29, 0.717) is 0 Å². The molecule has 0 N–H and O–H groups in total. The van der Waals surface area contributed by atoms with E-state index in [-0.39, 0.29) is 0 Å². The van der Waals surface area contributed by atoms with Gasteiger partial charge in [-0.25, -0.2) is 0 Å². The Balaban J connectivity index is 3.17. The van der Waals surface area contributed by atoms with Crippen molar-refractivity contribution >= 4 is 41.5 Å². The molecule has 0 fully saturated rings. The van der Waals surface area contributed by atoms with Crippen molar-refractivity contribution in [3.63, 3.8) is 0 Å². The van der Waals surface area contributed by atoms with E-state index >= 15 is 0 Å². The van der Waals surface area contributed by atoms with Gasteiger partial charge in [0.25, 0.3) is 0 Å². The van der Waals surface area contributed by atoms with Gasteiger partial charge in [0.05, 0.1) is 0 Å². The molecule has 0 bridgehead atoms. The second kappa shape index (κ2) is 5.39. The monoisotopic (exact) mass is 66.1 g/mol. The molecule has 6 heavy (non-hydrogen) atoms. The summed E-state index contributed by atoms with van der Waals surface area (Å²) in [7, 11) is 9.85. The zero-order valence-corrected chi connectivity index (χ0v) is 3.46. The van der Waals surface area contributed by atoms with Gasteiger partial charge in [-0.3, -0.25) is 0 Å². The van der Waals surface area contributed by atoms with E-state index in [4.69, 9.17) is 14.7 Å². The van der Waals surface area contributed by atoms with Gasteiger partial charge in [-0.05, 0) is 0 Å². The van der Waals surface area contributed by atoms with Crippen molar-refractivity contribution < 1.29 is 0 Å². The maximum absolute atomic E-state index is 4.93. The van der Waals surface area contributed by atoms with Crippen LogP contribution in [0.15, 0.2) is 0 Å².